The number of nitrogens with one attached hydrogen (secondary N) is 1. The zero-order valence-electron chi connectivity index (χ0n) is 13.0. The highest BCUT2D eigenvalue weighted by Gasteiger charge is 2.41. The van der Waals surface area contributed by atoms with Crippen molar-refractivity contribution in [3.8, 4) is 5.88 Å². The summed E-state index contributed by atoms with van der Waals surface area (Å²) in [5, 5.41) is 2.60. The van der Waals surface area contributed by atoms with Crippen LogP contribution in [0.3, 0.4) is 0 Å². The van der Waals surface area contributed by atoms with Crippen molar-refractivity contribution in [1.29, 1.82) is 0 Å². The zero-order chi connectivity index (χ0) is 18.4. The Bertz CT molecular complexity index is 729. The molecule has 0 saturated heterocycles. The summed E-state index contributed by atoms with van der Waals surface area (Å²) < 4.78 is 54.6. The monoisotopic (exact) mass is 358 g/mol. The number of halogens is 4. The molecular formula is C15H14F4N4O2. The molecule has 0 aliphatic heterocycles. The van der Waals surface area contributed by atoms with E-state index < -0.39 is 24.9 Å². The average Bonchev–Trinajstić information content (AvgIpc) is 2.59. The molecule has 0 aromatic carbocycles. The van der Waals surface area contributed by atoms with Gasteiger partial charge in [-0.05, 0) is 24.6 Å². The number of hydrogen-bond donors (Lipinski definition) is 1. The van der Waals surface area contributed by atoms with Gasteiger partial charge in [0.25, 0.3) is 5.91 Å². The third-order valence-electron chi connectivity index (χ3n) is 3.08. The standard InChI is InChI=1S/C15H14F4N4O2/c1-9-4-10(5-21-12(24)11-2-3-20-8-23-11)6-22-13(9)25-7-15(18,19)14(16)17/h2-4,6,8,14H,5,7H2,1H3,(H,21,24). The number of rotatable bonds is 7. The Hall–Kier alpha value is -2.78. The summed E-state index contributed by atoms with van der Waals surface area (Å²) in [7, 11) is 0. The van der Waals surface area contributed by atoms with Crippen LogP contribution in [0.2, 0.25) is 0 Å². The molecule has 0 atom stereocenters. The van der Waals surface area contributed by atoms with Crippen LogP contribution in [0.25, 0.3) is 0 Å². The first-order valence-electron chi connectivity index (χ1n) is 7.08. The summed E-state index contributed by atoms with van der Waals surface area (Å²) >= 11 is 0. The zero-order valence-corrected chi connectivity index (χ0v) is 13.0. The molecule has 0 spiro atoms. The third kappa shape index (κ3) is 5.10. The van der Waals surface area contributed by atoms with Gasteiger partial charge in [0, 0.05) is 24.5 Å². The molecule has 2 rings (SSSR count). The molecule has 0 bridgehead atoms. The number of aryl methyl sites for hydroxylation is 1. The van der Waals surface area contributed by atoms with Gasteiger partial charge in [0.1, 0.15) is 12.0 Å². The van der Waals surface area contributed by atoms with Crippen LogP contribution >= 0.6 is 0 Å². The third-order valence-corrected chi connectivity index (χ3v) is 3.08. The highest BCUT2D eigenvalue weighted by atomic mass is 19.3. The molecule has 10 heteroatoms. The van der Waals surface area contributed by atoms with Gasteiger partial charge in [0.2, 0.25) is 5.88 Å². The minimum atomic E-state index is -4.25. The van der Waals surface area contributed by atoms with Gasteiger partial charge in [-0.15, -0.1) is 0 Å². The van der Waals surface area contributed by atoms with Gasteiger partial charge in [-0.1, -0.05) is 0 Å². The van der Waals surface area contributed by atoms with E-state index >= 15 is 0 Å². The Kier molecular flexibility index (Phi) is 5.84. The van der Waals surface area contributed by atoms with Crippen molar-refractivity contribution in [3.63, 3.8) is 0 Å². The van der Waals surface area contributed by atoms with E-state index in [9.17, 15) is 22.4 Å². The van der Waals surface area contributed by atoms with Gasteiger partial charge in [-0.25, -0.2) is 23.7 Å². The molecular weight excluding hydrogens is 344 g/mol. The largest absolute Gasteiger partial charge is 0.471 e. The Labute approximate surface area is 140 Å². The van der Waals surface area contributed by atoms with E-state index in [0.717, 1.165) is 0 Å². The quantitative estimate of drug-likeness (QED) is 0.769. The SMILES string of the molecule is Cc1cc(CNC(=O)c2ccncn2)cnc1OCC(F)(F)C(F)F. The average molecular weight is 358 g/mol. The van der Waals surface area contributed by atoms with Gasteiger partial charge < -0.3 is 10.1 Å². The lowest BCUT2D eigenvalue weighted by molar-refractivity contribution is -0.148. The maximum Gasteiger partial charge on any atom is 0.340 e. The van der Waals surface area contributed by atoms with Crippen molar-refractivity contribution in [2.45, 2.75) is 25.8 Å². The van der Waals surface area contributed by atoms with Crippen molar-refractivity contribution < 1.29 is 27.1 Å². The van der Waals surface area contributed by atoms with Crippen LogP contribution in [0, 0.1) is 6.92 Å². The smallest absolute Gasteiger partial charge is 0.340 e. The first kappa shape index (κ1) is 18.6. The van der Waals surface area contributed by atoms with Gasteiger partial charge in [-0.2, -0.15) is 8.78 Å². The number of pyridine rings is 1. The number of amides is 1. The molecule has 2 heterocycles. The fourth-order valence-corrected chi connectivity index (χ4v) is 1.79. The molecule has 6 nitrogen and oxygen atoms in total. The molecule has 0 radical (unpaired) electrons. The molecule has 0 unspecified atom stereocenters. The Morgan fingerprint density at radius 3 is 2.72 bits per heavy atom. The van der Waals surface area contributed by atoms with Crippen LogP contribution in [0.4, 0.5) is 17.6 Å². The van der Waals surface area contributed by atoms with Crippen LogP contribution < -0.4 is 10.1 Å². The number of nitrogens with zero attached hydrogens (tertiary/aromatic N) is 3. The summed E-state index contributed by atoms with van der Waals surface area (Å²) in [4.78, 5) is 23.2. The number of hydrogen-bond acceptors (Lipinski definition) is 5. The van der Waals surface area contributed by atoms with Crippen LogP contribution in [0.15, 0.2) is 30.9 Å². The lowest BCUT2D eigenvalue weighted by Gasteiger charge is -2.16. The minimum Gasteiger partial charge on any atom is -0.471 e. The molecule has 25 heavy (non-hydrogen) atoms. The lowest BCUT2D eigenvalue weighted by atomic mass is 10.2. The molecule has 0 fully saturated rings. The van der Waals surface area contributed by atoms with Gasteiger partial charge in [0.15, 0.2) is 6.61 Å². The predicted octanol–water partition coefficient (Wildman–Crippen LogP) is 2.39. The molecule has 0 aliphatic carbocycles. The van der Waals surface area contributed by atoms with Crippen molar-refractivity contribution in [2.75, 3.05) is 6.61 Å². The highest BCUT2D eigenvalue weighted by molar-refractivity contribution is 5.91. The molecule has 2 aromatic rings. The van der Waals surface area contributed by atoms with E-state index in [1.807, 2.05) is 0 Å². The number of carbonyl (C=O) groups excluding carboxylic acids is 1. The minimum absolute atomic E-state index is 0.115. The predicted molar refractivity (Wildman–Crippen MR) is 78.6 cm³/mol. The second-order valence-corrected chi connectivity index (χ2v) is 5.09. The number of ether oxygens (including phenoxy) is 1. The summed E-state index contributed by atoms with van der Waals surface area (Å²) in [6.45, 7) is 0.172. The van der Waals surface area contributed by atoms with E-state index in [4.69, 9.17) is 0 Å². The van der Waals surface area contributed by atoms with Gasteiger partial charge in [0.05, 0.1) is 0 Å². The fourth-order valence-electron chi connectivity index (χ4n) is 1.79. The molecule has 1 amide bonds. The van der Waals surface area contributed by atoms with E-state index in [2.05, 4.69) is 25.0 Å². The molecule has 1 N–H and O–H groups in total. The first-order chi connectivity index (χ1) is 11.8. The van der Waals surface area contributed by atoms with Crippen molar-refractivity contribution in [3.05, 3.63) is 47.7 Å². The number of alkyl halides is 4. The van der Waals surface area contributed by atoms with Gasteiger partial charge >= 0.3 is 12.3 Å². The molecule has 134 valence electrons. The molecule has 2 aromatic heterocycles. The maximum atomic E-state index is 12.9. The van der Waals surface area contributed by atoms with E-state index in [1.54, 1.807) is 6.07 Å². The molecule has 0 aliphatic rings. The lowest BCUT2D eigenvalue weighted by Crippen LogP contribution is -2.34. The van der Waals surface area contributed by atoms with Crippen molar-refractivity contribution in [2.24, 2.45) is 0 Å². The second-order valence-electron chi connectivity index (χ2n) is 5.09. The van der Waals surface area contributed by atoms with Crippen LogP contribution in [-0.4, -0.2) is 39.8 Å². The summed E-state index contributed by atoms with van der Waals surface area (Å²) in [6, 6.07) is 2.99. The van der Waals surface area contributed by atoms with Crippen LogP contribution in [-0.2, 0) is 6.54 Å². The molecule has 0 saturated carbocycles. The van der Waals surface area contributed by atoms with E-state index in [0.29, 0.717) is 11.1 Å². The normalized spacial score (nSPS) is 11.4. The Balaban J connectivity index is 1.94. The van der Waals surface area contributed by atoms with Crippen LogP contribution in [0.5, 0.6) is 5.88 Å². The first-order valence-corrected chi connectivity index (χ1v) is 7.08. The summed E-state index contributed by atoms with van der Waals surface area (Å²) in [6.07, 6.45) is 0.143. The number of carbonyl (C=O) groups is 1. The maximum absolute atomic E-state index is 12.9. The Morgan fingerprint density at radius 2 is 2.12 bits per heavy atom. The Morgan fingerprint density at radius 1 is 1.36 bits per heavy atom. The van der Waals surface area contributed by atoms with Crippen molar-refractivity contribution in [1.82, 2.24) is 20.3 Å². The van der Waals surface area contributed by atoms with Gasteiger partial charge in [-0.3, -0.25) is 4.79 Å². The highest BCUT2D eigenvalue weighted by Crippen LogP contribution is 2.25. The fraction of sp³-hybridized carbons (Fsp3) is 0.333. The van der Waals surface area contributed by atoms with Crippen molar-refractivity contribution >= 4 is 5.91 Å². The summed E-state index contributed by atoms with van der Waals surface area (Å²) in [5.74, 6) is -4.85. The summed E-state index contributed by atoms with van der Waals surface area (Å²) in [5.41, 5.74) is 1.14. The number of aromatic nitrogens is 3. The van der Waals surface area contributed by atoms with E-state index in [-0.39, 0.29) is 18.1 Å². The second kappa shape index (κ2) is 7.86. The van der Waals surface area contributed by atoms with Crippen LogP contribution in [0.1, 0.15) is 21.6 Å². The van der Waals surface area contributed by atoms with E-state index in [1.165, 1.54) is 31.7 Å². The topological polar surface area (TPSA) is 77.0 Å².